The van der Waals surface area contributed by atoms with E-state index in [4.69, 9.17) is 0 Å². The minimum Gasteiger partial charge on any atom is -0.207 e. The van der Waals surface area contributed by atoms with Gasteiger partial charge in [-0.05, 0) is 30.5 Å². The van der Waals surface area contributed by atoms with Gasteiger partial charge in [0.1, 0.15) is 6.07 Å². The standard InChI is InChI=1S/C17H16N2O2S/c18-12-15-8-4-5-9-17(15)22(20,21)19(16-10-11-16)13-14-6-2-1-3-7-14/h1-9,16H,10-11,13H2. The van der Waals surface area contributed by atoms with E-state index < -0.39 is 10.0 Å². The highest BCUT2D eigenvalue weighted by molar-refractivity contribution is 7.89. The Morgan fingerprint density at radius 1 is 1.05 bits per heavy atom. The molecule has 1 saturated carbocycles. The average molecular weight is 312 g/mol. The molecule has 0 saturated heterocycles. The first kappa shape index (κ1) is 14.8. The van der Waals surface area contributed by atoms with Gasteiger partial charge in [0, 0.05) is 12.6 Å². The van der Waals surface area contributed by atoms with Gasteiger partial charge in [0.25, 0.3) is 0 Å². The van der Waals surface area contributed by atoms with Crippen LogP contribution in [0.3, 0.4) is 0 Å². The van der Waals surface area contributed by atoms with Crippen molar-refractivity contribution in [2.75, 3.05) is 0 Å². The molecule has 0 N–H and O–H groups in total. The summed E-state index contributed by atoms with van der Waals surface area (Å²) in [4.78, 5) is 0.0975. The largest absolute Gasteiger partial charge is 0.244 e. The number of nitrogens with zero attached hydrogens (tertiary/aromatic N) is 2. The van der Waals surface area contributed by atoms with Crippen molar-refractivity contribution in [1.29, 1.82) is 5.26 Å². The molecule has 3 rings (SSSR count). The van der Waals surface area contributed by atoms with Crippen LogP contribution in [-0.4, -0.2) is 18.8 Å². The smallest absolute Gasteiger partial charge is 0.207 e. The van der Waals surface area contributed by atoms with E-state index in [0.717, 1.165) is 18.4 Å². The molecule has 1 aliphatic carbocycles. The van der Waals surface area contributed by atoms with E-state index in [1.807, 2.05) is 36.4 Å². The van der Waals surface area contributed by atoms with Crippen LogP contribution in [0.5, 0.6) is 0 Å². The molecule has 5 heteroatoms. The average Bonchev–Trinajstić information content (AvgIpc) is 3.38. The minimum absolute atomic E-state index is 0.0388. The molecule has 2 aromatic rings. The predicted molar refractivity (Wildman–Crippen MR) is 83.3 cm³/mol. The molecule has 1 fully saturated rings. The Balaban J connectivity index is 1.99. The summed E-state index contributed by atoms with van der Waals surface area (Å²) in [6.07, 6.45) is 1.75. The van der Waals surface area contributed by atoms with Crippen molar-refractivity contribution in [2.45, 2.75) is 30.3 Å². The molecule has 22 heavy (non-hydrogen) atoms. The van der Waals surface area contributed by atoms with Gasteiger partial charge >= 0.3 is 0 Å². The molecule has 1 aliphatic rings. The summed E-state index contributed by atoms with van der Waals surface area (Å²) in [5, 5.41) is 9.17. The van der Waals surface area contributed by atoms with Crippen molar-refractivity contribution in [3.8, 4) is 6.07 Å². The molecule has 0 radical (unpaired) electrons. The maximum Gasteiger partial charge on any atom is 0.244 e. The van der Waals surface area contributed by atoms with Crippen LogP contribution in [0.2, 0.25) is 0 Å². The Kier molecular flexibility index (Phi) is 3.97. The van der Waals surface area contributed by atoms with E-state index in [2.05, 4.69) is 0 Å². The van der Waals surface area contributed by atoms with Crippen LogP contribution in [0.4, 0.5) is 0 Å². The van der Waals surface area contributed by atoms with E-state index in [1.54, 1.807) is 18.2 Å². The second-order valence-electron chi connectivity index (χ2n) is 5.37. The summed E-state index contributed by atoms with van der Waals surface area (Å²) in [5.41, 5.74) is 1.15. The van der Waals surface area contributed by atoms with Gasteiger partial charge < -0.3 is 0 Å². The first-order chi connectivity index (χ1) is 10.6. The molecular formula is C17H16N2O2S. The highest BCUT2D eigenvalue weighted by atomic mass is 32.2. The minimum atomic E-state index is -3.67. The van der Waals surface area contributed by atoms with Gasteiger partial charge in [-0.15, -0.1) is 0 Å². The SMILES string of the molecule is N#Cc1ccccc1S(=O)(=O)N(Cc1ccccc1)C1CC1. The Bertz CT molecular complexity index is 806. The van der Waals surface area contributed by atoms with Gasteiger partial charge in [-0.2, -0.15) is 9.57 Å². The van der Waals surface area contributed by atoms with Crippen molar-refractivity contribution in [3.05, 3.63) is 65.7 Å². The van der Waals surface area contributed by atoms with Crippen LogP contribution in [-0.2, 0) is 16.6 Å². The first-order valence-electron chi connectivity index (χ1n) is 7.18. The van der Waals surface area contributed by atoms with E-state index in [1.165, 1.54) is 10.4 Å². The summed E-state index contributed by atoms with van der Waals surface area (Å²) >= 11 is 0. The highest BCUT2D eigenvalue weighted by Crippen LogP contribution is 2.34. The van der Waals surface area contributed by atoms with Crippen LogP contribution in [0.25, 0.3) is 0 Å². The monoisotopic (exact) mass is 312 g/mol. The van der Waals surface area contributed by atoms with Crippen LogP contribution in [0, 0.1) is 11.3 Å². The Morgan fingerprint density at radius 2 is 1.68 bits per heavy atom. The third-order valence-corrected chi connectivity index (χ3v) is 5.69. The fourth-order valence-corrected chi connectivity index (χ4v) is 4.26. The third kappa shape index (κ3) is 2.89. The second-order valence-corrected chi connectivity index (χ2v) is 7.23. The Hall–Kier alpha value is -2.16. The molecule has 0 aliphatic heterocycles. The fourth-order valence-electron chi connectivity index (χ4n) is 2.45. The van der Waals surface area contributed by atoms with E-state index in [9.17, 15) is 13.7 Å². The van der Waals surface area contributed by atoms with E-state index in [-0.39, 0.29) is 16.5 Å². The number of benzene rings is 2. The highest BCUT2D eigenvalue weighted by Gasteiger charge is 2.38. The maximum absolute atomic E-state index is 13.0. The van der Waals surface area contributed by atoms with Gasteiger partial charge in [0.15, 0.2) is 0 Å². The number of sulfonamides is 1. The number of nitriles is 1. The molecule has 0 heterocycles. The zero-order valence-corrected chi connectivity index (χ0v) is 12.8. The molecule has 0 atom stereocenters. The number of hydrogen-bond donors (Lipinski definition) is 0. The maximum atomic E-state index is 13.0. The zero-order chi connectivity index (χ0) is 15.6. The number of rotatable bonds is 5. The summed E-state index contributed by atoms with van der Waals surface area (Å²) < 4.78 is 27.5. The molecule has 4 nitrogen and oxygen atoms in total. The quantitative estimate of drug-likeness (QED) is 0.853. The molecule has 0 spiro atoms. The third-order valence-electron chi connectivity index (χ3n) is 3.73. The van der Waals surface area contributed by atoms with Gasteiger partial charge in [-0.1, -0.05) is 42.5 Å². The lowest BCUT2D eigenvalue weighted by atomic mass is 10.2. The van der Waals surface area contributed by atoms with Crippen LogP contribution in [0.1, 0.15) is 24.0 Å². The molecule has 2 aromatic carbocycles. The normalized spacial score (nSPS) is 14.7. The molecule has 0 unspecified atom stereocenters. The van der Waals surface area contributed by atoms with E-state index in [0.29, 0.717) is 6.54 Å². The summed E-state index contributed by atoms with van der Waals surface area (Å²) in [6.45, 7) is 0.341. The summed E-state index contributed by atoms with van der Waals surface area (Å²) in [7, 11) is -3.67. The Labute approximate surface area is 130 Å². The van der Waals surface area contributed by atoms with Crippen molar-refractivity contribution >= 4 is 10.0 Å². The van der Waals surface area contributed by atoms with Crippen molar-refractivity contribution in [2.24, 2.45) is 0 Å². The summed E-state index contributed by atoms with van der Waals surface area (Å²) in [5.74, 6) is 0. The molecular weight excluding hydrogens is 296 g/mol. The second kappa shape index (κ2) is 5.91. The van der Waals surface area contributed by atoms with Gasteiger partial charge in [-0.3, -0.25) is 0 Å². The molecule has 0 amide bonds. The topological polar surface area (TPSA) is 61.2 Å². The molecule has 0 bridgehead atoms. The van der Waals surface area contributed by atoms with Crippen LogP contribution >= 0.6 is 0 Å². The van der Waals surface area contributed by atoms with Crippen LogP contribution in [0.15, 0.2) is 59.5 Å². The first-order valence-corrected chi connectivity index (χ1v) is 8.62. The van der Waals surface area contributed by atoms with E-state index >= 15 is 0 Å². The van der Waals surface area contributed by atoms with Gasteiger partial charge in [0.05, 0.1) is 10.5 Å². The lowest BCUT2D eigenvalue weighted by Gasteiger charge is -2.22. The van der Waals surface area contributed by atoms with Gasteiger partial charge in [0.2, 0.25) is 10.0 Å². The zero-order valence-electron chi connectivity index (χ0n) is 12.0. The predicted octanol–water partition coefficient (Wildman–Crippen LogP) is 2.91. The lowest BCUT2D eigenvalue weighted by Crippen LogP contribution is -2.33. The molecule has 0 aromatic heterocycles. The fraction of sp³-hybridized carbons (Fsp3) is 0.235. The van der Waals surface area contributed by atoms with Crippen LogP contribution < -0.4 is 0 Å². The molecule has 112 valence electrons. The summed E-state index contributed by atoms with van der Waals surface area (Å²) in [6, 6.07) is 17.9. The Morgan fingerprint density at radius 3 is 2.32 bits per heavy atom. The number of hydrogen-bond acceptors (Lipinski definition) is 3. The lowest BCUT2D eigenvalue weighted by molar-refractivity contribution is 0.398. The van der Waals surface area contributed by atoms with Gasteiger partial charge in [-0.25, -0.2) is 8.42 Å². The van der Waals surface area contributed by atoms with Crippen molar-refractivity contribution in [1.82, 2.24) is 4.31 Å². The van der Waals surface area contributed by atoms with Crippen molar-refractivity contribution in [3.63, 3.8) is 0 Å². The van der Waals surface area contributed by atoms with Crippen molar-refractivity contribution < 1.29 is 8.42 Å².